The molecule has 6 heteroatoms. The van der Waals surface area contributed by atoms with E-state index in [0.29, 0.717) is 10.7 Å². The molecule has 4 nitrogen and oxygen atoms in total. The first kappa shape index (κ1) is 10.1. The van der Waals surface area contributed by atoms with Gasteiger partial charge in [0.1, 0.15) is 9.34 Å². The van der Waals surface area contributed by atoms with Crippen molar-refractivity contribution in [3.05, 3.63) is 34.4 Å². The molecule has 0 spiro atoms. The molecule has 2 aromatic heterocycles. The number of aromatic carboxylic acids is 1. The lowest BCUT2D eigenvalue weighted by molar-refractivity contribution is 0.0691. The third kappa shape index (κ3) is 1.98. The Bertz CT molecular complexity index is 498. The molecule has 0 aliphatic heterocycles. The van der Waals surface area contributed by atoms with Crippen molar-refractivity contribution in [2.45, 2.75) is 0 Å². The summed E-state index contributed by atoms with van der Waals surface area (Å²) in [4.78, 5) is 18.7. The molecule has 2 rings (SSSR count). The molecule has 0 radical (unpaired) electrons. The van der Waals surface area contributed by atoms with Crippen molar-refractivity contribution in [1.82, 2.24) is 9.97 Å². The summed E-state index contributed by atoms with van der Waals surface area (Å²) in [6, 6.07) is 5.33. The van der Waals surface area contributed by atoms with Crippen LogP contribution in [-0.2, 0) is 0 Å². The van der Waals surface area contributed by atoms with Gasteiger partial charge in [-0.05, 0) is 12.1 Å². The molecule has 0 aliphatic carbocycles. The monoisotopic (exact) mass is 240 g/mol. The Morgan fingerprint density at radius 1 is 1.47 bits per heavy atom. The Balaban J connectivity index is 2.48. The maximum absolute atomic E-state index is 10.7. The van der Waals surface area contributed by atoms with Gasteiger partial charge in [0.05, 0.1) is 5.69 Å². The molecule has 1 N–H and O–H groups in total. The highest BCUT2D eigenvalue weighted by atomic mass is 35.5. The molecular weight excluding hydrogens is 236 g/mol. The van der Waals surface area contributed by atoms with Gasteiger partial charge in [0.15, 0.2) is 5.69 Å². The minimum atomic E-state index is -1.13. The highest BCUT2D eigenvalue weighted by molar-refractivity contribution is 7.19. The summed E-state index contributed by atoms with van der Waals surface area (Å²) in [5.74, 6) is -1.13. The maximum Gasteiger partial charge on any atom is 0.356 e. The van der Waals surface area contributed by atoms with Crippen LogP contribution in [0, 0.1) is 0 Å². The standard InChI is InChI=1S/C9H5ClN2O2S/c10-7-6(9(13)14)12-8(15-7)5-3-1-2-4-11-5/h1-4H,(H,13,14). The number of carboxylic acid groups (broad SMARTS) is 1. The molecule has 0 atom stereocenters. The number of carboxylic acids is 1. The van der Waals surface area contributed by atoms with Crippen LogP contribution in [0.5, 0.6) is 0 Å². The van der Waals surface area contributed by atoms with E-state index in [1.54, 1.807) is 24.4 Å². The van der Waals surface area contributed by atoms with Gasteiger partial charge in [0.25, 0.3) is 0 Å². The number of hydrogen-bond acceptors (Lipinski definition) is 4. The lowest BCUT2D eigenvalue weighted by Crippen LogP contribution is -1.97. The van der Waals surface area contributed by atoms with Gasteiger partial charge in [0, 0.05) is 6.20 Å². The van der Waals surface area contributed by atoms with Crippen LogP contribution in [0.2, 0.25) is 4.34 Å². The van der Waals surface area contributed by atoms with Crippen molar-refractivity contribution in [2.75, 3.05) is 0 Å². The topological polar surface area (TPSA) is 63.1 Å². The first-order chi connectivity index (χ1) is 7.18. The van der Waals surface area contributed by atoms with E-state index >= 15 is 0 Å². The van der Waals surface area contributed by atoms with Crippen LogP contribution in [0.4, 0.5) is 0 Å². The summed E-state index contributed by atoms with van der Waals surface area (Å²) in [6.07, 6.45) is 1.62. The summed E-state index contributed by atoms with van der Waals surface area (Å²) in [5, 5.41) is 9.28. The Labute approximate surface area is 94.2 Å². The number of rotatable bonds is 2. The molecule has 2 heterocycles. The fourth-order valence-electron chi connectivity index (χ4n) is 1.03. The number of carbonyl (C=O) groups is 1. The summed E-state index contributed by atoms with van der Waals surface area (Å²) in [7, 11) is 0. The summed E-state index contributed by atoms with van der Waals surface area (Å²) in [6.45, 7) is 0. The molecule has 0 saturated heterocycles. The fraction of sp³-hybridized carbons (Fsp3) is 0. The van der Waals surface area contributed by atoms with Gasteiger partial charge in [-0.1, -0.05) is 29.0 Å². The zero-order valence-corrected chi connectivity index (χ0v) is 8.92. The predicted molar refractivity (Wildman–Crippen MR) is 57.3 cm³/mol. The summed E-state index contributed by atoms with van der Waals surface area (Å²) >= 11 is 6.84. The molecule has 0 aromatic carbocycles. The van der Waals surface area contributed by atoms with Gasteiger partial charge in [0.2, 0.25) is 0 Å². The van der Waals surface area contributed by atoms with Gasteiger partial charge in [-0.3, -0.25) is 4.98 Å². The first-order valence-corrected chi connectivity index (χ1v) is 5.19. The quantitative estimate of drug-likeness (QED) is 0.876. The minimum Gasteiger partial charge on any atom is -0.476 e. The molecule has 0 amide bonds. The Morgan fingerprint density at radius 2 is 2.27 bits per heavy atom. The van der Waals surface area contributed by atoms with E-state index < -0.39 is 5.97 Å². The highest BCUT2D eigenvalue weighted by Gasteiger charge is 2.16. The molecule has 76 valence electrons. The third-order valence-corrected chi connectivity index (χ3v) is 2.95. The predicted octanol–water partition coefficient (Wildman–Crippen LogP) is 2.56. The molecule has 0 fully saturated rings. The zero-order valence-electron chi connectivity index (χ0n) is 7.35. The lowest BCUT2D eigenvalue weighted by Gasteiger charge is -1.91. The van der Waals surface area contributed by atoms with E-state index in [9.17, 15) is 4.79 Å². The number of pyridine rings is 1. The van der Waals surface area contributed by atoms with Crippen LogP contribution in [0.25, 0.3) is 10.7 Å². The number of hydrogen-bond donors (Lipinski definition) is 1. The van der Waals surface area contributed by atoms with E-state index in [-0.39, 0.29) is 10.0 Å². The van der Waals surface area contributed by atoms with Crippen LogP contribution in [0.3, 0.4) is 0 Å². The van der Waals surface area contributed by atoms with Gasteiger partial charge in [-0.25, -0.2) is 9.78 Å². The molecule has 0 bridgehead atoms. The average Bonchev–Trinajstić information content (AvgIpc) is 2.62. The van der Waals surface area contributed by atoms with Crippen molar-refractivity contribution in [3.63, 3.8) is 0 Å². The van der Waals surface area contributed by atoms with E-state index in [2.05, 4.69) is 9.97 Å². The lowest BCUT2D eigenvalue weighted by atomic mass is 10.4. The zero-order chi connectivity index (χ0) is 10.8. The average molecular weight is 241 g/mol. The van der Waals surface area contributed by atoms with Crippen LogP contribution in [-0.4, -0.2) is 21.0 Å². The molecule has 0 aliphatic rings. The highest BCUT2D eigenvalue weighted by Crippen LogP contribution is 2.30. The SMILES string of the molecule is O=C(O)c1nc(-c2ccccn2)sc1Cl. The normalized spacial score (nSPS) is 10.2. The van der Waals surface area contributed by atoms with E-state index in [1.807, 2.05) is 0 Å². The van der Waals surface area contributed by atoms with E-state index in [1.165, 1.54) is 0 Å². The Hall–Kier alpha value is -1.46. The number of nitrogens with zero attached hydrogens (tertiary/aromatic N) is 2. The summed E-state index contributed by atoms with van der Waals surface area (Å²) in [5.41, 5.74) is 0.499. The second-order valence-electron chi connectivity index (χ2n) is 2.66. The Kier molecular flexibility index (Phi) is 2.66. The van der Waals surface area contributed by atoms with E-state index in [0.717, 1.165) is 11.3 Å². The van der Waals surface area contributed by atoms with Crippen molar-refractivity contribution in [3.8, 4) is 10.7 Å². The van der Waals surface area contributed by atoms with Crippen LogP contribution < -0.4 is 0 Å². The van der Waals surface area contributed by atoms with Crippen molar-refractivity contribution >= 4 is 28.9 Å². The van der Waals surface area contributed by atoms with Crippen molar-refractivity contribution < 1.29 is 9.90 Å². The van der Waals surface area contributed by atoms with Crippen LogP contribution in [0.1, 0.15) is 10.5 Å². The largest absolute Gasteiger partial charge is 0.476 e. The molecular formula is C9H5ClN2O2S. The molecule has 0 saturated carbocycles. The van der Waals surface area contributed by atoms with Crippen molar-refractivity contribution in [1.29, 1.82) is 0 Å². The van der Waals surface area contributed by atoms with Gasteiger partial charge < -0.3 is 5.11 Å². The van der Waals surface area contributed by atoms with Gasteiger partial charge >= 0.3 is 5.97 Å². The first-order valence-electron chi connectivity index (χ1n) is 3.99. The van der Waals surface area contributed by atoms with Crippen molar-refractivity contribution in [2.24, 2.45) is 0 Å². The van der Waals surface area contributed by atoms with Gasteiger partial charge in [-0.2, -0.15) is 0 Å². The minimum absolute atomic E-state index is 0.123. The second-order valence-corrected chi connectivity index (χ2v) is 4.26. The fourth-order valence-corrected chi connectivity index (χ4v) is 2.14. The number of halogens is 1. The Morgan fingerprint density at radius 3 is 2.80 bits per heavy atom. The molecule has 0 unspecified atom stereocenters. The third-order valence-electron chi connectivity index (χ3n) is 1.67. The van der Waals surface area contributed by atoms with Crippen LogP contribution >= 0.6 is 22.9 Å². The number of thiazole rings is 1. The molecule has 2 aromatic rings. The summed E-state index contributed by atoms with van der Waals surface area (Å²) < 4.78 is 0.170. The van der Waals surface area contributed by atoms with Crippen LogP contribution in [0.15, 0.2) is 24.4 Å². The second kappa shape index (κ2) is 3.96. The molecule has 15 heavy (non-hydrogen) atoms. The number of aromatic nitrogens is 2. The van der Waals surface area contributed by atoms with Gasteiger partial charge in [-0.15, -0.1) is 0 Å². The van der Waals surface area contributed by atoms with E-state index in [4.69, 9.17) is 16.7 Å². The maximum atomic E-state index is 10.7. The smallest absolute Gasteiger partial charge is 0.356 e.